The zero-order valence-electron chi connectivity index (χ0n) is 10.7. The van der Waals surface area contributed by atoms with Crippen LogP contribution in [0.2, 0.25) is 0 Å². The molecule has 0 aliphatic carbocycles. The van der Waals surface area contributed by atoms with Crippen molar-refractivity contribution in [2.75, 3.05) is 22.2 Å². The maximum Gasteiger partial charge on any atom is 0.329 e. The highest BCUT2D eigenvalue weighted by molar-refractivity contribution is 7.91. The van der Waals surface area contributed by atoms with Crippen molar-refractivity contribution in [2.45, 2.75) is 18.9 Å². The summed E-state index contributed by atoms with van der Waals surface area (Å²) < 4.78 is 23.1. The van der Waals surface area contributed by atoms with Crippen molar-refractivity contribution in [3.05, 3.63) is 16.3 Å². The van der Waals surface area contributed by atoms with Gasteiger partial charge in [-0.2, -0.15) is 4.98 Å². The molecule has 1 aliphatic heterocycles. The van der Waals surface area contributed by atoms with Gasteiger partial charge in [-0.05, 0) is 13.3 Å². The fraction of sp³-hybridized carbons (Fsp3) is 0.556. The number of nitrogens with two attached hydrogens (primary N) is 1. The predicted molar refractivity (Wildman–Crippen MR) is 71.8 cm³/mol. The van der Waals surface area contributed by atoms with Gasteiger partial charge in [-0.1, -0.05) is 0 Å². The number of nitrogen functional groups attached to an aromatic ring is 1. The van der Waals surface area contributed by atoms with E-state index in [0.717, 1.165) is 6.20 Å². The molecule has 1 atom stereocenters. The van der Waals surface area contributed by atoms with Crippen LogP contribution in [0.15, 0.2) is 6.20 Å². The number of anilines is 2. The van der Waals surface area contributed by atoms with Crippen molar-refractivity contribution < 1.29 is 13.3 Å². The second kappa shape index (κ2) is 4.83. The quantitative estimate of drug-likeness (QED) is 0.385. The average molecular weight is 302 g/mol. The Labute approximate surface area is 114 Å². The fourth-order valence-electron chi connectivity index (χ4n) is 2.07. The van der Waals surface area contributed by atoms with Gasteiger partial charge in [0.05, 0.1) is 22.0 Å². The van der Waals surface area contributed by atoms with Gasteiger partial charge in [-0.15, -0.1) is 0 Å². The molecule has 110 valence electrons. The van der Waals surface area contributed by atoms with E-state index in [0.29, 0.717) is 6.42 Å². The number of nitro groups is 1. The first-order chi connectivity index (χ1) is 9.25. The molecule has 0 radical (unpaired) electrons. The first-order valence-electron chi connectivity index (χ1n) is 5.71. The van der Waals surface area contributed by atoms with Crippen LogP contribution < -0.4 is 16.6 Å². The molecule has 0 bridgehead atoms. The summed E-state index contributed by atoms with van der Waals surface area (Å²) >= 11 is 0. The van der Waals surface area contributed by atoms with Gasteiger partial charge in [0.15, 0.2) is 9.84 Å². The highest BCUT2D eigenvalue weighted by Crippen LogP contribution is 2.31. The van der Waals surface area contributed by atoms with Gasteiger partial charge in [0, 0.05) is 0 Å². The lowest BCUT2D eigenvalue weighted by atomic mass is 10.0. The number of hydrogen-bond acceptors (Lipinski definition) is 9. The molecule has 1 saturated heterocycles. The molecule has 1 aromatic rings. The Morgan fingerprint density at radius 3 is 2.75 bits per heavy atom. The summed E-state index contributed by atoms with van der Waals surface area (Å²) in [6.07, 6.45) is 1.36. The molecule has 0 amide bonds. The van der Waals surface area contributed by atoms with Crippen molar-refractivity contribution in [1.29, 1.82) is 0 Å². The van der Waals surface area contributed by atoms with Crippen LogP contribution in [0.25, 0.3) is 0 Å². The van der Waals surface area contributed by atoms with E-state index in [2.05, 4.69) is 20.7 Å². The van der Waals surface area contributed by atoms with Crippen LogP contribution in [-0.4, -0.2) is 40.4 Å². The SMILES string of the molecule is CC1(Nc2nc(NN)ncc2[N+](=O)[O-])CCS(=O)(=O)C1. The van der Waals surface area contributed by atoms with Crippen LogP contribution >= 0.6 is 0 Å². The van der Waals surface area contributed by atoms with Crippen molar-refractivity contribution in [3.63, 3.8) is 0 Å². The van der Waals surface area contributed by atoms with E-state index >= 15 is 0 Å². The lowest BCUT2D eigenvalue weighted by Crippen LogP contribution is -2.36. The first-order valence-corrected chi connectivity index (χ1v) is 7.53. The van der Waals surface area contributed by atoms with Crippen molar-refractivity contribution in [2.24, 2.45) is 5.84 Å². The smallest absolute Gasteiger partial charge is 0.329 e. The third-order valence-corrected chi connectivity index (χ3v) is 4.92. The molecular weight excluding hydrogens is 288 g/mol. The number of rotatable bonds is 4. The summed E-state index contributed by atoms with van der Waals surface area (Å²) in [6.45, 7) is 1.68. The van der Waals surface area contributed by atoms with E-state index < -0.39 is 20.3 Å². The van der Waals surface area contributed by atoms with Gasteiger partial charge in [0.2, 0.25) is 11.8 Å². The van der Waals surface area contributed by atoms with Crippen LogP contribution in [0.3, 0.4) is 0 Å². The summed E-state index contributed by atoms with van der Waals surface area (Å²) in [5.41, 5.74) is 1.04. The molecular formula is C9H14N6O4S. The normalized spacial score (nSPS) is 24.3. The zero-order valence-corrected chi connectivity index (χ0v) is 11.5. The molecule has 10 nitrogen and oxygen atoms in total. The topological polar surface area (TPSA) is 153 Å². The Morgan fingerprint density at radius 1 is 1.55 bits per heavy atom. The summed E-state index contributed by atoms with van der Waals surface area (Å²) in [7, 11) is -3.14. The molecule has 11 heteroatoms. The van der Waals surface area contributed by atoms with Gasteiger partial charge in [-0.3, -0.25) is 15.5 Å². The second-order valence-corrected chi connectivity index (χ2v) is 7.04. The number of nitrogens with zero attached hydrogens (tertiary/aromatic N) is 3. The maximum atomic E-state index is 11.5. The lowest BCUT2D eigenvalue weighted by Gasteiger charge is -2.24. The molecule has 1 fully saturated rings. The minimum absolute atomic E-state index is 0.00236. The standard InChI is InChI=1S/C9H14N6O4S/c1-9(2-3-20(18,19)5-9)13-7-6(15(16)17)4-11-8(12-7)14-10/h4H,2-3,5,10H2,1H3,(H2,11,12,13,14). The van der Waals surface area contributed by atoms with Crippen LogP contribution in [0.1, 0.15) is 13.3 Å². The highest BCUT2D eigenvalue weighted by atomic mass is 32.2. The molecule has 20 heavy (non-hydrogen) atoms. The third kappa shape index (κ3) is 2.93. The molecule has 1 unspecified atom stereocenters. The second-order valence-electron chi connectivity index (χ2n) is 4.86. The van der Waals surface area contributed by atoms with Crippen LogP contribution in [0.5, 0.6) is 0 Å². The number of hydrazine groups is 1. The predicted octanol–water partition coefficient (Wildman–Crippen LogP) is -0.341. The van der Waals surface area contributed by atoms with Crippen LogP contribution in [0.4, 0.5) is 17.5 Å². The molecule has 0 saturated carbocycles. The Kier molecular flexibility index (Phi) is 3.48. The largest absolute Gasteiger partial charge is 0.358 e. The van der Waals surface area contributed by atoms with Crippen molar-refractivity contribution in [1.82, 2.24) is 9.97 Å². The van der Waals surface area contributed by atoms with Gasteiger partial charge in [0.1, 0.15) is 6.20 Å². The Morgan fingerprint density at radius 2 is 2.25 bits per heavy atom. The van der Waals surface area contributed by atoms with Gasteiger partial charge >= 0.3 is 5.69 Å². The summed E-state index contributed by atoms with van der Waals surface area (Å²) in [5.74, 6) is 5.04. The minimum atomic E-state index is -3.14. The number of sulfone groups is 1. The molecule has 0 aromatic carbocycles. The van der Waals surface area contributed by atoms with E-state index in [9.17, 15) is 18.5 Å². The van der Waals surface area contributed by atoms with E-state index in [4.69, 9.17) is 5.84 Å². The van der Waals surface area contributed by atoms with Crippen molar-refractivity contribution in [3.8, 4) is 0 Å². The van der Waals surface area contributed by atoms with E-state index in [1.54, 1.807) is 6.92 Å². The first kappa shape index (κ1) is 14.4. The van der Waals surface area contributed by atoms with Crippen LogP contribution in [0, 0.1) is 10.1 Å². The van der Waals surface area contributed by atoms with Gasteiger partial charge in [0.25, 0.3) is 0 Å². The molecule has 1 aromatic heterocycles. The summed E-state index contributed by atoms with van der Waals surface area (Å²) in [5, 5.41) is 13.8. The van der Waals surface area contributed by atoms with E-state index in [-0.39, 0.29) is 29.0 Å². The number of aromatic nitrogens is 2. The van der Waals surface area contributed by atoms with Crippen LogP contribution in [-0.2, 0) is 9.84 Å². The Bertz CT molecular complexity index is 648. The monoisotopic (exact) mass is 302 g/mol. The van der Waals surface area contributed by atoms with Gasteiger partial charge in [-0.25, -0.2) is 19.2 Å². The lowest BCUT2D eigenvalue weighted by molar-refractivity contribution is -0.384. The summed E-state index contributed by atoms with van der Waals surface area (Å²) in [4.78, 5) is 17.8. The maximum absolute atomic E-state index is 11.5. The van der Waals surface area contributed by atoms with E-state index in [1.807, 2.05) is 0 Å². The third-order valence-electron chi connectivity index (χ3n) is 3.02. The minimum Gasteiger partial charge on any atom is -0.358 e. The molecule has 1 aliphatic rings. The number of hydrogen-bond donors (Lipinski definition) is 3. The Hall–Kier alpha value is -2.01. The highest BCUT2D eigenvalue weighted by Gasteiger charge is 2.40. The van der Waals surface area contributed by atoms with Crippen molar-refractivity contribution >= 4 is 27.3 Å². The molecule has 4 N–H and O–H groups in total. The van der Waals surface area contributed by atoms with E-state index in [1.165, 1.54) is 0 Å². The average Bonchev–Trinajstić information content (AvgIpc) is 2.62. The molecule has 0 spiro atoms. The Balaban J connectivity index is 2.35. The molecule has 2 heterocycles. The fourth-order valence-corrected chi connectivity index (χ4v) is 4.16. The zero-order chi connectivity index (χ0) is 15.0. The number of nitrogens with one attached hydrogen (secondary N) is 2. The molecule has 2 rings (SSSR count). The summed E-state index contributed by atoms with van der Waals surface area (Å²) in [6, 6.07) is 0. The van der Waals surface area contributed by atoms with Gasteiger partial charge < -0.3 is 5.32 Å².